The summed E-state index contributed by atoms with van der Waals surface area (Å²) in [6, 6.07) is 17.4. The van der Waals surface area contributed by atoms with Gasteiger partial charge in [0.05, 0.1) is 0 Å². The Kier molecular flexibility index (Phi) is 7.92. The summed E-state index contributed by atoms with van der Waals surface area (Å²) in [6.07, 6.45) is 3.43. The van der Waals surface area contributed by atoms with Crippen molar-refractivity contribution in [2.45, 2.75) is 16.3 Å². The first-order valence-corrected chi connectivity index (χ1v) is 10.9. The van der Waals surface area contributed by atoms with Crippen molar-refractivity contribution in [1.29, 1.82) is 0 Å². The summed E-state index contributed by atoms with van der Waals surface area (Å²) in [5.74, 6) is -1.92. The molecule has 1 heterocycles. The van der Waals surface area contributed by atoms with Gasteiger partial charge in [0, 0.05) is 24.5 Å². The van der Waals surface area contributed by atoms with Gasteiger partial charge >= 0.3 is 6.03 Å². The first kappa shape index (κ1) is 24.5. The molecule has 170 valence electrons. The number of pyridine rings is 1. The van der Waals surface area contributed by atoms with Gasteiger partial charge in [0.25, 0.3) is 9.70 Å². The summed E-state index contributed by atoms with van der Waals surface area (Å²) in [6.45, 7) is 0. The van der Waals surface area contributed by atoms with Crippen molar-refractivity contribution in [3.05, 3.63) is 84.7 Å². The average Bonchev–Trinajstić information content (AvgIpc) is 2.79. The Labute approximate surface area is 205 Å². The smallest absolute Gasteiger partial charge is 0.329 e. The molecule has 0 bridgehead atoms. The highest BCUT2D eigenvalue weighted by atomic mass is 35.6. The quantitative estimate of drug-likeness (QED) is 0.488. The van der Waals surface area contributed by atoms with E-state index in [1.54, 1.807) is 60.9 Å². The first-order chi connectivity index (χ1) is 15.7. The number of carbonyl (C=O) groups excluding carboxylic acids is 3. The van der Waals surface area contributed by atoms with Crippen molar-refractivity contribution in [2.75, 3.05) is 4.90 Å². The number of halogens is 3. The summed E-state index contributed by atoms with van der Waals surface area (Å²) in [5, 5.41) is 2.02. The molecule has 2 aromatic carbocycles. The van der Waals surface area contributed by atoms with Gasteiger partial charge in [-0.1, -0.05) is 77.3 Å². The van der Waals surface area contributed by atoms with Crippen LogP contribution in [0.2, 0.25) is 0 Å². The largest absolute Gasteiger partial charge is 0.368 e. The highest BCUT2D eigenvalue weighted by molar-refractivity contribution is 6.76. The maximum Gasteiger partial charge on any atom is 0.329 e. The minimum Gasteiger partial charge on any atom is -0.368 e. The summed E-state index contributed by atoms with van der Waals surface area (Å²) >= 11 is 16.8. The lowest BCUT2D eigenvalue weighted by molar-refractivity contribution is -0.120. The zero-order chi connectivity index (χ0) is 24.0. The summed E-state index contributed by atoms with van der Waals surface area (Å²) in [4.78, 5) is 42.7. The van der Waals surface area contributed by atoms with Crippen molar-refractivity contribution in [3.8, 4) is 11.1 Å². The highest BCUT2D eigenvalue weighted by Gasteiger charge is 2.36. The van der Waals surface area contributed by atoms with E-state index in [1.165, 1.54) is 0 Å². The number of nitrogens with one attached hydrogen (secondary N) is 1. The van der Waals surface area contributed by atoms with Crippen LogP contribution in [0.3, 0.4) is 0 Å². The lowest BCUT2D eigenvalue weighted by atomic mass is 10.0. The Bertz CT molecular complexity index is 1120. The first-order valence-electron chi connectivity index (χ1n) is 9.72. The second-order valence-corrected chi connectivity index (χ2v) is 9.30. The molecule has 1 aromatic heterocycles. The van der Waals surface area contributed by atoms with Crippen LogP contribution >= 0.6 is 34.8 Å². The zero-order valence-corrected chi connectivity index (χ0v) is 19.4. The van der Waals surface area contributed by atoms with Gasteiger partial charge in [-0.15, -0.1) is 0 Å². The van der Waals surface area contributed by atoms with Crippen LogP contribution in [0, 0.1) is 0 Å². The number of nitrogens with two attached hydrogens (primary N) is 1. The molecule has 0 fully saturated rings. The molecule has 4 amide bonds. The predicted molar refractivity (Wildman–Crippen MR) is 129 cm³/mol. The fourth-order valence-electron chi connectivity index (χ4n) is 3.18. The van der Waals surface area contributed by atoms with Crippen LogP contribution in [0.5, 0.6) is 0 Å². The minimum absolute atomic E-state index is 0.109. The number of carbonyl (C=O) groups is 3. The van der Waals surface area contributed by atoms with E-state index in [9.17, 15) is 14.4 Å². The van der Waals surface area contributed by atoms with Gasteiger partial charge in [0.1, 0.15) is 6.04 Å². The number of urea groups is 1. The van der Waals surface area contributed by atoms with Crippen molar-refractivity contribution in [3.63, 3.8) is 0 Å². The number of imide groups is 1. The topological polar surface area (TPSA) is 105 Å². The molecule has 1 atom stereocenters. The number of anilines is 1. The minimum atomic E-state index is -2.37. The van der Waals surface area contributed by atoms with Gasteiger partial charge in [0.15, 0.2) is 0 Å². The molecule has 3 aromatic rings. The van der Waals surface area contributed by atoms with Crippen LogP contribution in [-0.4, -0.2) is 32.7 Å². The lowest BCUT2D eigenvalue weighted by Gasteiger charge is -2.30. The Morgan fingerprint density at radius 2 is 1.48 bits per heavy atom. The SMILES string of the molecule is NC(=O)[C@@H](Cc1ccccc1)N(C(=O)NC(=O)C(Cl)(Cl)Cl)c1ccc(-c2ccncc2)cc1. The molecule has 0 radical (unpaired) electrons. The van der Waals surface area contributed by atoms with Crippen LogP contribution < -0.4 is 16.0 Å². The molecule has 10 heteroatoms. The predicted octanol–water partition coefficient (Wildman–Crippen LogP) is 4.26. The molecule has 0 aliphatic heterocycles. The highest BCUT2D eigenvalue weighted by Crippen LogP contribution is 2.28. The molecule has 3 rings (SSSR count). The van der Waals surface area contributed by atoms with Crippen molar-refractivity contribution in [2.24, 2.45) is 5.73 Å². The van der Waals surface area contributed by atoms with Crippen molar-refractivity contribution >= 4 is 58.3 Å². The van der Waals surface area contributed by atoms with E-state index in [0.717, 1.165) is 21.6 Å². The number of amides is 4. The monoisotopic (exact) mass is 504 g/mol. The second kappa shape index (κ2) is 10.7. The molecule has 3 N–H and O–H groups in total. The third-order valence-corrected chi connectivity index (χ3v) is 5.28. The Hall–Kier alpha value is -3.13. The molecule has 7 nitrogen and oxygen atoms in total. The van der Waals surface area contributed by atoms with Gasteiger partial charge in [-0.05, 0) is 41.0 Å². The number of nitrogens with zero attached hydrogens (tertiary/aromatic N) is 2. The summed E-state index contributed by atoms with van der Waals surface area (Å²) in [5.41, 5.74) is 8.52. The number of alkyl halides is 3. The molecule has 0 unspecified atom stereocenters. The number of benzene rings is 2. The Morgan fingerprint density at radius 3 is 2.03 bits per heavy atom. The normalized spacial score (nSPS) is 12.0. The molecule has 0 spiro atoms. The summed E-state index contributed by atoms with van der Waals surface area (Å²) < 4.78 is -2.37. The van der Waals surface area contributed by atoms with Crippen LogP contribution in [0.4, 0.5) is 10.5 Å². The Morgan fingerprint density at radius 1 is 0.909 bits per heavy atom. The molecule has 0 saturated heterocycles. The van der Waals surface area contributed by atoms with E-state index in [-0.39, 0.29) is 6.42 Å². The van der Waals surface area contributed by atoms with E-state index in [0.29, 0.717) is 5.69 Å². The molecular weight excluding hydrogens is 487 g/mol. The maximum atomic E-state index is 13.1. The Balaban J connectivity index is 1.99. The van der Waals surface area contributed by atoms with Crippen LogP contribution in [-0.2, 0) is 16.0 Å². The van der Waals surface area contributed by atoms with Gasteiger partial charge in [-0.3, -0.25) is 24.8 Å². The third kappa shape index (κ3) is 6.44. The number of rotatable bonds is 6. The van der Waals surface area contributed by atoms with E-state index < -0.39 is 27.7 Å². The number of aromatic nitrogens is 1. The number of hydrogen-bond donors (Lipinski definition) is 2. The fraction of sp³-hybridized carbons (Fsp3) is 0.130. The van der Waals surface area contributed by atoms with Gasteiger partial charge < -0.3 is 5.73 Å². The van der Waals surface area contributed by atoms with Gasteiger partial charge in [-0.25, -0.2) is 4.79 Å². The standard InChI is InChI=1S/C23H19Cl3N4O3/c24-23(25,26)21(32)29-22(33)30(19(20(27)31)14-15-4-2-1-3-5-15)18-8-6-16(7-9-18)17-10-12-28-13-11-17/h1-13,19H,14H2,(H2,27,31)(H,29,32,33)/t19-/m1/s1. The third-order valence-electron chi connectivity index (χ3n) is 4.77. The lowest BCUT2D eigenvalue weighted by Crippen LogP contribution is -2.55. The van der Waals surface area contributed by atoms with Gasteiger partial charge in [0.2, 0.25) is 5.91 Å². The van der Waals surface area contributed by atoms with Crippen LogP contribution in [0.25, 0.3) is 11.1 Å². The van der Waals surface area contributed by atoms with E-state index in [2.05, 4.69) is 4.98 Å². The van der Waals surface area contributed by atoms with Crippen LogP contribution in [0.1, 0.15) is 5.56 Å². The van der Waals surface area contributed by atoms with Crippen molar-refractivity contribution < 1.29 is 14.4 Å². The summed E-state index contributed by atoms with van der Waals surface area (Å²) in [7, 11) is 0. The number of primary amides is 1. The van der Waals surface area contributed by atoms with E-state index in [4.69, 9.17) is 40.5 Å². The van der Waals surface area contributed by atoms with Crippen LogP contribution in [0.15, 0.2) is 79.1 Å². The number of hydrogen-bond acceptors (Lipinski definition) is 4. The maximum absolute atomic E-state index is 13.1. The van der Waals surface area contributed by atoms with E-state index in [1.807, 2.05) is 23.5 Å². The second-order valence-electron chi connectivity index (χ2n) is 7.02. The average molecular weight is 506 g/mol. The van der Waals surface area contributed by atoms with Crippen molar-refractivity contribution in [1.82, 2.24) is 10.3 Å². The molecular formula is C23H19Cl3N4O3. The molecule has 0 saturated carbocycles. The zero-order valence-electron chi connectivity index (χ0n) is 17.1. The fourth-order valence-corrected chi connectivity index (χ4v) is 3.32. The van der Waals surface area contributed by atoms with E-state index >= 15 is 0 Å². The molecule has 0 aliphatic rings. The molecule has 0 aliphatic carbocycles. The van der Waals surface area contributed by atoms with Gasteiger partial charge in [-0.2, -0.15) is 0 Å². The molecule has 33 heavy (non-hydrogen) atoms.